The van der Waals surface area contributed by atoms with Crippen molar-refractivity contribution in [2.24, 2.45) is 0 Å². The van der Waals surface area contributed by atoms with Crippen molar-refractivity contribution in [2.75, 3.05) is 13.1 Å². The van der Waals surface area contributed by atoms with Crippen molar-refractivity contribution in [3.8, 4) is 0 Å². The third-order valence-electron chi connectivity index (χ3n) is 7.14. The van der Waals surface area contributed by atoms with E-state index in [4.69, 9.17) is 18.9 Å². The van der Waals surface area contributed by atoms with E-state index in [-0.39, 0.29) is 52.2 Å². The molecule has 3 aromatic rings. The predicted molar refractivity (Wildman–Crippen MR) is 189 cm³/mol. The zero-order chi connectivity index (χ0) is 36.9. The zero-order valence-electron chi connectivity index (χ0n) is 29.4. The van der Waals surface area contributed by atoms with Crippen LogP contribution in [-0.4, -0.2) is 60.9 Å². The highest BCUT2D eigenvalue weighted by molar-refractivity contribution is 5.89. The van der Waals surface area contributed by atoms with E-state index < -0.39 is 47.8 Å². The van der Waals surface area contributed by atoms with Crippen molar-refractivity contribution in [1.29, 1.82) is 0 Å². The summed E-state index contributed by atoms with van der Waals surface area (Å²) in [6.45, 7) is 5.59. The predicted octanol–water partition coefficient (Wildman–Crippen LogP) is 5.52. The van der Waals surface area contributed by atoms with Crippen molar-refractivity contribution in [3.63, 3.8) is 0 Å². The fraction of sp³-hybridized carbons (Fsp3) is 0.395. The number of amides is 4. The molecule has 51 heavy (non-hydrogen) atoms. The van der Waals surface area contributed by atoms with Gasteiger partial charge in [-0.2, -0.15) is 0 Å². The van der Waals surface area contributed by atoms with Gasteiger partial charge in [-0.25, -0.2) is 19.2 Å². The summed E-state index contributed by atoms with van der Waals surface area (Å²) in [5, 5.41) is 10.6. The van der Waals surface area contributed by atoms with Gasteiger partial charge in [0.25, 0.3) is 0 Å². The number of esters is 1. The summed E-state index contributed by atoms with van der Waals surface area (Å²) in [4.78, 5) is 63.9. The molecule has 0 fully saturated rings. The average molecular weight is 705 g/mol. The maximum absolute atomic E-state index is 13.6. The number of hydrogen-bond donors (Lipinski definition) is 4. The monoisotopic (exact) mass is 704 g/mol. The van der Waals surface area contributed by atoms with Crippen molar-refractivity contribution >= 4 is 30.2 Å². The Hall–Kier alpha value is -5.59. The number of benzene rings is 3. The highest BCUT2D eigenvalue weighted by Gasteiger charge is 2.29. The first-order valence-corrected chi connectivity index (χ1v) is 16.9. The summed E-state index contributed by atoms with van der Waals surface area (Å²) in [6, 6.07) is 25.3. The summed E-state index contributed by atoms with van der Waals surface area (Å²) in [5.74, 6) is -1.33. The van der Waals surface area contributed by atoms with Crippen LogP contribution in [0.5, 0.6) is 0 Å². The van der Waals surface area contributed by atoms with Crippen LogP contribution in [0.3, 0.4) is 0 Å². The van der Waals surface area contributed by atoms with E-state index in [1.807, 2.05) is 78.9 Å². The molecule has 4 amide bonds. The van der Waals surface area contributed by atoms with Crippen molar-refractivity contribution in [3.05, 3.63) is 108 Å². The molecule has 0 saturated carbocycles. The molecule has 0 saturated heterocycles. The lowest BCUT2D eigenvalue weighted by molar-refractivity contribution is -0.149. The van der Waals surface area contributed by atoms with Gasteiger partial charge in [-0.05, 0) is 63.1 Å². The van der Waals surface area contributed by atoms with Crippen LogP contribution in [-0.2, 0) is 48.4 Å². The second-order valence-corrected chi connectivity index (χ2v) is 12.6. The summed E-state index contributed by atoms with van der Waals surface area (Å²) in [5.41, 5.74) is 1.61. The van der Waals surface area contributed by atoms with Gasteiger partial charge >= 0.3 is 24.2 Å². The van der Waals surface area contributed by atoms with Gasteiger partial charge in [-0.15, -0.1) is 0 Å². The summed E-state index contributed by atoms with van der Waals surface area (Å²) in [6.07, 6.45) is -1.27. The van der Waals surface area contributed by atoms with Crippen LogP contribution in [0.2, 0.25) is 0 Å². The number of ether oxygens (including phenoxy) is 4. The Morgan fingerprint density at radius 3 is 1.39 bits per heavy atom. The molecule has 4 N–H and O–H groups in total. The molecule has 0 bridgehead atoms. The molecule has 0 aliphatic heterocycles. The van der Waals surface area contributed by atoms with Gasteiger partial charge in [0.05, 0.1) is 0 Å². The van der Waals surface area contributed by atoms with Crippen LogP contribution in [0.1, 0.15) is 63.1 Å². The Morgan fingerprint density at radius 1 is 0.549 bits per heavy atom. The zero-order valence-corrected chi connectivity index (χ0v) is 29.4. The largest absolute Gasteiger partial charge is 0.459 e. The highest BCUT2D eigenvalue weighted by Crippen LogP contribution is 2.10. The van der Waals surface area contributed by atoms with Gasteiger partial charge in [0.1, 0.15) is 37.5 Å². The van der Waals surface area contributed by atoms with Gasteiger partial charge in [0.2, 0.25) is 5.91 Å². The van der Waals surface area contributed by atoms with Crippen molar-refractivity contribution in [1.82, 2.24) is 21.3 Å². The molecule has 0 aromatic heterocycles. The lowest BCUT2D eigenvalue weighted by atomic mass is 10.1. The van der Waals surface area contributed by atoms with E-state index in [0.29, 0.717) is 6.42 Å². The minimum atomic E-state index is -1.11. The number of rotatable bonds is 18. The first-order valence-electron chi connectivity index (χ1n) is 16.9. The Morgan fingerprint density at radius 2 is 0.961 bits per heavy atom. The Bertz CT molecular complexity index is 1520. The maximum atomic E-state index is 13.6. The highest BCUT2D eigenvalue weighted by atomic mass is 16.6. The number of hydrogen-bond acceptors (Lipinski definition) is 9. The topological polar surface area (TPSA) is 170 Å². The Balaban J connectivity index is 1.58. The molecule has 2 atom stereocenters. The number of carbonyl (C=O) groups excluding carboxylic acids is 5. The third-order valence-corrected chi connectivity index (χ3v) is 7.14. The van der Waals surface area contributed by atoms with E-state index in [0.717, 1.165) is 16.7 Å². The lowest BCUT2D eigenvalue weighted by Gasteiger charge is -2.25. The molecule has 13 heteroatoms. The number of carbonyl (C=O) groups is 5. The van der Waals surface area contributed by atoms with Crippen LogP contribution in [0.15, 0.2) is 91.0 Å². The summed E-state index contributed by atoms with van der Waals surface area (Å²) in [7, 11) is 0. The Labute approximate surface area is 298 Å². The molecule has 3 aromatic carbocycles. The van der Waals surface area contributed by atoms with Gasteiger partial charge in [0.15, 0.2) is 0 Å². The quantitative estimate of drug-likeness (QED) is 0.0756. The van der Waals surface area contributed by atoms with Crippen LogP contribution in [0.4, 0.5) is 14.4 Å². The second kappa shape index (κ2) is 21.5. The molecule has 0 aliphatic rings. The fourth-order valence-electron chi connectivity index (χ4n) is 4.61. The molecular formula is C38H48N4O9. The van der Waals surface area contributed by atoms with Crippen LogP contribution < -0.4 is 21.3 Å². The van der Waals surface area contributed by atoms with Gasteiger partial charge in [-0.1, -0.05) is 91.0 Å². The van der Waals surface area contributed by atoms with E-state index in [9.17, 15) is 24.0 Å². The average Bonchev–Trinajstić information content (AvgIpc) is 3.11. The normalized spacial score (nSPS) is 12.0. The minimum absolute atomic E-state index is 0.0122. The molecular weight excluding hydrogens is 656 g/mol. The second-order valence-electron chi connectivity index (χ2n) is 12.6. The van der Waals surface area contributed by atoms with Gasteiger partial charge in [0, 0.05) is 13.1 Å². The molecule has 274 valence electrons. The molecule has 0 radical (unpaired) electrons. The smallest absolute Gasteiger partial charge is 0.408 e. The van der Waals surface area contributed by atoms with E-state index in [1.165, 1.54) is 0 Å². The van der Waals surface area contributed by atoms with Gasteiger partial charge < -0.3 is 40.2 Å². The molecule has 0 unspecified atom stereocenters. The number of alkyl carbamates (subject to hydrolysis) is 3. The first-order chi connectivity index (χ1) is 24.5. The lowest BCUT2D eigenvalue weighted by Crippen LogP contribution is -2.52. The Kier molecular flexibility index (Phi) is 16.8. The summed E-state index contributed by atoms with van der Waals surface area (Å²) >= 11 is 0. The van der Waals surface area contributed by atoms with Crippen molar-refractivity contribution in [2.45, 2.75) is 84.0 Å². The molecule has 0 heterocycles. The molecule has 0 aliphatic carbocycles. The van der Waals surface area contributed by atoms with Gasteiger partial charge in [-0.3, -0.25) is 4.79 Å². The van der Waals surface area contributed by atoms with E-state index in [1.54, 1.807) is 32.9 Å². The summed E-state index contributed by atoms with van der Waals surface area (Å²) < 4.78 is 21.3. The van der Waals surface area contributed by atoms with Crippen LogP contribution >= 0.6 is 0 Å². The number of nitrogens with one attached hydrogen (secondary N) is 4. The molecule has 13 nitrogen and oxygen atoms in total. The third kappa shape index (κ3) is 17.1. The SMILES string of the molecule is CC(C)(C)OC(=O)N[C@@H](CCCNC(=O)OCc1ccccc1)C(=O)N[C@H](CCCNC(=O)OCc1ccccc1)C(=O)OCc1ccccc1. The van der Waals surface area contributed by atoms with Crippen LogP contribution in [0, 0.1) is 0 Å². The fourth-order valence-corrected chi connectivity index (χ4v) is 4.61. The maximum Gasteiger partial charge on any atom is 0.408 e. The standard InChI is InChI=1S/C38H48N4O9/c1-38(2,3)51-37(47)42-31(21-13-23-39-35(45)49-26-29-17-9-5-10-18-29)33(43)41-32(34(44)48-25-28-15-7-4-8-16-28)22-14-24-40-36(46)50-27-30-19-11-6-12-20-30/h4-12,15-20,31-32H,13-14,21-27H2,1-3H3,(H,39,45)(H,40,46)(H,41,43)(H,42,47)/t31-,32+/m0/s1. The molecule has 0 spiro atoms. The van der Waals surface area contributed by atoms with E-state index >= 15 is 0 Å². The first kappa shape index (κ1) is 39.8. The van der Waals surface area contributed by atoms with E-state index in [2.05, 4.69) is 21.3 Å². The van der Waals surface area contributed by atoms with Crippen molar-refractivity contribution < 1.29 is 42.9 Å². The minimum Gasteiger partial charge on any atom is -0.459 e. The molecule has 3 rings (SSSR count). The van der Waals surface area contributed by atoms with Crippen LogP contribution in [0.25, 0.3) is 0 Å².